The molecule has 0 radical (unpaired) electrons. The minimum absolute atomic E-state index is 0.492. The lowest BCUT2D eigenvalue weighted by atomic mass is 9.86. The van der Waals surface area contributed by atoms with Crippen LogP contribution < -0.4 is 10.8 Å². The third kappa shape index (κ3) is 5.56. The number of thioether (sulfide) groups is 1. The fourth-order valence-corrected chi connectivity index (χ4v) is 2.49. The molecular weight excluding hydrogens is 244 g/mol. The van der Waals surface area contributed by atoms with Crippen LogP contribution in [0.1, 0.15) is 25.7 Å². The lowest BCUT2D eigenvalue weighted by Gasteiger charge is -2.30. The van der Waals surface area contributed by atoms with Crippen LogP contribution in [0.25, 0.3) is 0 Å². The van der Waals surface area contributed by atoms with E-state index in [0.29, 0.717) is 16.8 Å². The number of hydrazone groups is 1. The van der Waals surface area contributed by atoms with E-state index in [4.69, 9.17) is 12.2 Å². The van der Waals surface area contributed by atoms with E-state index >= 15 is 0 Å². The van der Waals surface area contributed by atoms with Gasteiger partial charge in [-0.05, 0) is 39.8 Å². The SMILES string of the molecule is C#CCS/C(N)=N\[NH+]=C\C1CCC(N(C)C)CC1. The van der Waals surface area contributed by atoms with Gasteiger partial charge in [-0.15, -0.1) is 11.5 Å². The Morgan fingerprint density at radius 3 is 2.72 bits per heavy atom. The molecule has 0 unspecified atom stereocenters. The van der Waals surface area contributed by atoms with Crippen molar-refractivity contribution in [2.45, 2.75) is 31.7 Å². The average Bonchev–Trinajstić information content (AvgIpc) is 2.37. The molecule has 3 N–H and O–H groups in total. The number of nitrogens with zero attached hydrogens (tertiary/aromatic N) is 2. The van der Waals surface area contributed by atoms with E-state index in [1.165, 1.54) is 37.4 Å². The zero-order valence-electron chi connectivity index (χ0n) is 11.2. The standard InChI is InChI=1S/C13H22N4S/c1-4-9-18-13(14)16-15-10-11-5-7-12(8-6-11)17(2)3/h1,10-12H,5-9H2,2-3H3,(H2,14,16)/p+1/b15-10+. The molecule has 0 aromatic carbocycles. The smallest absolute Gasteiger partial charge is 0.226 e. The summed E-state index contributed by atoms with van der Waals surface area (Å²) in [5.74, 6) is 3.67. The molecule has 0 saturated heterocycles. The second kappa shape index (κ2) is 8.17. The maximum Gasteiger partial charge on any atom is 0.226 e. The number of amidine groups is 1. The molecular formula is C13H23N4S+. The zero-order valence-corrected chi connectivity index (χ0v) is 12.0. The molecule has 1 saturated carbocycles. The molecule has 0 atom stereocenters. The van der Waals surface area contributed by atoms with E-state index in [9.17, 15) is 0 Å². The molecule has 0 spiro atoms. The lowest BCUT2D eigenvalue weighted by Crippen LogP contribution is -2.64. The van der Waals surface area contributed by atoms with Gasteiger partial charge in [-0.3, -0.25) is 0 Å². The van der Waals surface area contributed by atoms with Crippen LogP contribution in [0.5, 0.6) is 0 Å². The van der Waals surface area contributed by atoms with Crippen molar-refractivity contribution in [3.63, 3.8) is 0 Å². The van der Waals surface area contributed by atoms with Gasteiger partial charge in [0.05, 0.1) is 5.75 Å². The average molecular weight is 267 g/mol. The first-order valence-corrected chi connectivity index (χ1v) is 7.26. The first kappa shape index (κ1) is 15.1. The molecule has 1 aliphatic carbocycles. The zero-order chi connectivity index (χ0) is 13.4. The highest BCUT2D eigenvalue weighted by Gasteiger charge is 2.22. The van der Waals surface area contributed by atoms with Crippen LogP contribution in [-0.4, -0.2) is 42.2 Å². The molecule has 4 nitrogen and oxygen atoms in total. The van der Waals surface area contributed by atoms with Gasteiger partial charge in [0, 0.05) is 17.1 Å². The van der Waals surface area contributed by atoms with Gasteiger partial charge in [-0.1, -0.05) is 17.7 Å². The number of nitrogens with two attached hydrogens (primary N) is 1. The minimum Gasteiger partial charge on any atom is -0.373 e. The fraction of sp³-hybridized carbons (Fsp3) is 0.692. The summed E-state index contributed by atoms with van der Waals surface area (Å²) in [6, 6.07) is 0.731. The van der Waals surface area contributed by atoms with E-state index in [1.54, 1.807) is 0 Å². The molecule has 18 heavy (non-hydrogen) atoms. The van der Waals surface area contributed by atoms with Gasteiger partial charge in [-0.25, -0.2) is 0 Å². The topological polar surface area (TPSA) is 55.6 Å². The van der Waals surface area contributed by atoms with Crippen molar-refractivity contribution in [3.8, 4) is 12.3 Å². The van der Waals surface area contributed by atoms with E-state index < -0.39 is 0 Å². The van der Waals surface area contributed by atoms with Crippen LogP contribution in [0.15, 0.2) is 5.10 Å². The summed E-state index contributed by atoms with van der Waals surface area (Å²) in [6.45, 7) is 0. The maximum absolute atomic E-state index is 5.67. The minimum atomic E-state index is 0.492. The third-order valence-electron chi connectivity index (χ3n) is 3.26. The van der Waals surface area contributed by atoms with Gasteiger partial charge in [-0.2, -0.15) is 0 Å². The van der Waals surface area contributed by atoms with Crippen LogP contribution in [0, 0.1) is 18.3 Å². The number of hydrogen-bond acceptors (Lipinski definition) is 3. The quantitative estimate of drug-likeness (QED) is 0.322. The van der Waals surface area contributed by atoms with E-state index in [1.807, 2.05) is 0 Å². The van der Waals surface area contributed by atoms with Gasteiger partial charge in [0.25, 0.3) is 0 Å². The highest BCUT2D eigenvalue weighted by Crippen LogP contribution is 2.24. The Hall–Kier alpha value is -0.990. The predicted octanol–water partition coefficient (Wildman–Crippen LogP) is -0.146. The van der Waals surface area contributed by atoms with Crippen molar-refractivity contribution in [3.05, 3.63) is 0 Å². The summed E-state index contributed by atoms with van der Waals surface area (Å²) in [5, 5.41) is 7.49. The van der Waals surface area contributed by atoms with Gasteiger partial charge < -0.3 is 10.6 Å². The van der Waals surface area contributed by atoms with Crippen LogP contribution in [-0.2, 0) is 0 Å². The van der Waals surface area contributed by atoms with E-state index in [0.717, 1.165) is 6.04 Å². The van der Waals surface area contributed by atoms with E-state index in [-0.39, 0.29) is 0 Å². The van der Waals surface area contributed by atoms with Gasteiger partial charge >= 0.3 is 0 Å². The van der Waals surface area contributed by atoms with Crippen molar-refractivity contribution in [2.75, 3.05) is 19.8 Å². The van der Waals surface area contributed by atoms with Crippen LogP contribution >= 0.6 is 11.8 Å². The van der Waals surface area contributed by atoms with Gasteiger partial charge in [0.2, 0.25) is 5.17 Å². The lowest BCUT2D eigenvalue weighted by molar-refractivity contribution is -0.459. The highest BCUT2D eigenvalue weighted by molar-refractivity contribution is 8.13. The van der Waals surface area contributed by atoms with Crippen molar-refractivity contribution in [2.24, 2.45) is 16.8 Å². The molecule has 1 aliphatic rings. The molecule has 0 aliphatic heterocycles. The summed E-state index contributed by atoms with van der Waals surface area (Å²) in [7, 11) is 4.31. The molecule has 100 valence electrons. The molecule has 0 aromatic heterocycles. The second-order valence-corrected chi connectivity index (χ2v) is 5.77. The Morgan fingerprint density at radius 2 is 2.17 bits per heavy atom. The summed E-state index contributed by atoms with van der Waals surface area (Å²) in [6.07, 6.45) is 12.1. The molecule has 0 aromatic rings. The summed E-state index contributed by atoms with van der Waals surface area (Å²) in [4.78, 5) is 2.32. The van der Waals surface area contributed by atoms with Crippen LogP contribution in [0.3, 0.4) is 0 Å². The first-order valence-electron chi connectivity index (χ1n) is 6.28. The van der Waals surface area contributed by atoms with Crippen LogP contribution in [0.4, 0.5) is 0 Å². The highest BCUT2D eigenvalue weighted by atomic mass is 32.2. The number of nitrogens with one attached hydrogen (secondary N) is 1. The molecule has 0 amide bonds. The van der Waals surface area contributed by atoms with E-state index in [2.05, 4.69) is 41.3 Å². The fourth-order valence-electron chi connectivity index (χ4n) is 2.14. The molecule has 0 bridgehead atoms. The Kier molecular flexibility index (Phi) is 6.84. The predicted molar refractivity (Wildman–Crippen MR) is 79.4 cm³/mol. The van der Waals surface area contributed by atoms with Gasteiger partial charge in [0.1, 0.15) is 0 Å². The Bertz CT molecular complexity index is 335. The number of terminal acetylenes is 1. The first-order chi connectivity index (χ1) is 8.63. The van der Waals surface area contributed by atoms with Gasteiger partial charge in [0.15, 0.2) is 6.21 Å². The molecule has 1 fully saturated rings. The third-order valence-corrected chi connectivity index (χ3v) is 3.96. The Balaban J connectivity index is 2.30. The summed E-state index contributed by atoms with van der Waals surface area (Å²) in [5.41, 5.74) is 5.67. The normalized spacial score (nSPS) is 25.6. The van der Waals surface area contributed by atoms with Crippen molar-refractivity contribution < 1.29 is 5.10 Å². The van der Waals surface area contributed by atoms with Crippen molar-refractivity contribution in [1.29, 1.82) is 0 Å². The monoisotopic (exact) mass is 267 g/mol. The Morgan fingerprint density at radius 1 is 1.50 bits per heavy atom. The van der Waals surface area contributed by atoms with Crippen LogP contribution in [0.2, 0.25) is 0 Å². The Labute approximate surface area is 114 Å². The summed E-state index contributed by atoms with van der Waals surface area (Å²) < 4.78 is 0. The molecule has 0 heterocycles. The number of rotatable bonds is 4. The molecule has 5 heteroatoms. The summed E-state index contributed by atoms with van der Waals surface area (Å²) >= 11 is 1.37. The van der Waals surface area contributed by atoms with Crippen molar-refractivity contribution >= 4 is 23.1 Å². The second-order valence-electron chi connectivity index (χ2n) is 4.77. The number of hydrogen-bond donors (Lipinski definition) is 2. The van der Waals surface area contributed by atoms with Crippen molar-refractivity contribution in [1.82, 2.24) is 4.90 Å². The largest absolute Gasteiger partial charge is 0.373 e. The molecule has 1 rings (SSSR count). The maximum atomic E-state index is 5.67.